The molecule has 1 fully saturated rings. The van der Waals surface area contributed by atoms with E-state index in [9.17, 15) is 14.3 Å². The molecule has 0 aliphatic carbocycles. The summed E-state index contributed by atoms with van der Waals surface area (Å²) in [6.07, 6.45) is 1.94. The number of nitrogens with zero attached hydrogens (tertiary/aromatic N) is 4. The van der Waals surface area contributed by atoms with Gasteiger partial charge in [0, 0.05) is 26.2 Å². The van der Waals surface area contributed by atoms with Crippen molar-refractivity contribution in [2.24, 2.45) is 5.92 Å². The minimum absolute atomic E-state index is 0.0339. The summed E-state index contributed by atoms with van der Waals surface area (Å²) < 4.78 is 13.8. The second-order valence-corrected chi connectivity index (χ2v) is 6.50. The SMILES string of the molecule is CC(C)[C@@H](O)CC(=O)N(C)C[C@@H]1C[C@H](F)CN1c1ccncn1. The number of aliphatic hydroxyl groups excluding tert-OH is 1. The van der Waals surface area contributed by atoms with Crippen LogP contribution < -0.4 is 4.90 Å². The molecule has 1 N–H and O–H groups in total. The highest BCUT2D eigenvalue weighted by molar-refractivity contribution is 5.76. The normalized spacial score (nSPS) is 22.4. The molecule has 0 aromatic carbocycles. The van der Waals surface area contributed by atoms with Gasteiger partial charge in [-0.2, -0.15) is 0 Å². The summed E-state index contributed by atoms with van der Waals surface area (Å²) in [6, 6.07) is 1.63. The van der Waals surface area contributed by atoms with Gasteiger partial charge in [-0.3, -0.25) is 4.79 Å². The maximum atomic E-state index is 13.8. The van der Waals surface area contributed by atoms with Crippen LogP contribution in [0.1, 0.15) is 26.7 Å². The summed E-state index contributed by atoms with van der Waals surface area (Å²) in [6.45, 7) is 4.44. The van der Waals surface area contributed by atoms with E-state index in [2.05, 4.69) is 9.97 Å². The molecule has 1 aliphatic heterocycles. The van der Waals surface area contributed by atoms with Crippen molar-refractivity contribution in [2.75, 3.05) is 25.0 Å². The van der Waals surface area contributed by atoms with E-state index in [-0.39, 0.29) is 30.8 Å². The smallest absolute Gasteiger partial charge is 0.224 e. The molecule has 1 aromatic rings. The monoisotopic (exact) mass is 324 g/mol. The Balaban J connectivity index is 1.98. The van der Waals surface area contributed by atoms with Crippen LogP contribution in [0.25, 0.3) is 0 Å². The predicted molar refractivity (Wildman–Crippen MR) is 85.8 cm³/mol. The quantitative estimate of drug-likeness (QED) is 0.853. The molecule has 2 heterocycles. The Morgan fingerprint density at radius 1 is 1.57 bits per heavy atom. The summed E-state index contributed by atoms with van der Waals surface area (Å²) in [5.74, 6) is 0.580. The third-order valence-corrected chi connectivity index (χ3v) is 4.29. The molecule has 0 unspecified atom stereocenters. The van der Waals surface area contributed by atoms with Gasteiger partial charge in [0.25, 0.3) is 0 Å². The Labute approximate surface area is 136 Å². The highest BCUT2D eigenvalue weighted by Crippen LogP contribution is 2.26. The van der Waals surface area contributed by atoms with Crippen molar-refractivity contribution >= 4 is 11.7 Å². The van der Waals surface area contributed by atoms with Gasteiger partial charge in [-0.1, -0.05) is 13.8 Å². The first-order chi connectivity index (χ1) is 10.9. The molecule has 2 rings (SSSR count). The van der Waals surface area contributed by atoms with Crippen molar-refractivity contribution < 1.29 is 14.3 Å². The topological polar surface area (TPSA) is 69.6 Å². The average Bonchev–Trinajstić information content (AvgIpc) is 2.88. The first-order valence-electron chi connectivity index (χ1n) is 7.97. The fraction of sp³-hybridized carbons (Fsp3) is 0.688. The van der Waals surface area contributed by atoms with Crippen molar-refractivity contribution in [3.05, 3.63) is 18.6 Å². The van der Waals surface area contributed by atoms with Crippen molar-refractivity contribution in [1.29, 1.82) is 0 Å². The minimum atomic E-state index is -0.931. The molecule has 1 saturated heterocycles. The van der Waals surface area contributed by atoms with Crippen molar-refractivity contribution in [3.8, 4) is 0 Å². The molecule has 0 radical (unpaired) electrons. The van der Waals surface area contributed by atoms with Crippen LogP contribution in [0.4, 0.5) is 10.2 Å². The molecular weight excluding hydrogens is 299 g/mol. The van der Waals surface area contributed by atoms with E-state index < -0.39 is 12.3 Å². The lowest BCUT2D eigenvalue weighted by atomic mass is 10.0. The lowest BCUT2D eigenvalue weighted by Crippen LogP contribution is -2.42. The number of rotatable bonds is 6. The molecule has 6 nitrogen and oxygen atoms in total. The number of hydrogen-bond donors (Lipinski definition) is 1. The summed E-state index contributed by atoms with van der Waals surface area (Å²) in [5, 5.41) is 9.84. The van der Waals surface area contributed by atoms with E-state index in [4.69, 9.17) is 0 Å². The zero-order valence-corrected chi connectivity index (χ0v) is 13.9. The molecular formula is C16H25FN4O2. The largest absolute Gasteiger partial charge is 0.392 e. The molecule has 0 bridgehead atoms. The molecule has 3 atom stereocenters. The summed E-state index contributed by atoms with van der Waals surface area (Å²) in [7, 11) is 1.69. The number of anilines is 1. The standard InChI is InChI=1S/C16H25FN4O2/c1-11(2)14(22)7-16(23)20(3)9-13-6-12(17)8-21(13)15-4-5-18-10-19-15/h4-5,10-14,22H,6-9H2,1-3H3/t12-,13-,14-/m0/s1. The fourth-order valence-electron chi connectivity index (χ4n) is 2.76. The van der Waals surface area contributed by atoms with Crippen LogP contribution in [0.2, 0.25) is 0 Å². The maximum Gasteiger partial charge on any atom is 0.224 e. The minimum Gasteiger partial charge on any atom is -0.392 e. The summed E-state index contributed by atoms with van der Waals surface area (Å²) in [4.78, 5) is 23.7. The molecule has 1 aromatic heterocycles. The Kier molecular flexibility index (Phi) is 5.87. The summed E-state index contributed by atoms with van der Waals surface area (Å²) >= 11 is 0. The van der Waals surface area contributed by atoms with E-state index in [0.717, 1.165) is 0 Å². The van der Waals surface area contributed by atoms with Crippen LogP contribution in [0, 0.1) is 5.92 Å². The number of amides is 1. The maximum absolute atomic E-state index is 13.8. The van der Waals surface area contributed by atoms with Gasteiger partial charge in [0.1, 0.15) is 18.3 Å². The van der Waals surface area contributed by atoms with E-state index in [0.29, 0.717) is 18.8 Å². The van der Waals surface area contributed by atoms with Crippen LogP contribution in [0.15, 0.2) is 18.6 Å². The number of likely N-dealkylation sites (N-methyl/N-ethyl adjacent to an activating group) is 1. The van der Waals surface area contributed by atoms with E-state index in [1.165, 1.54) is 6.33 Å². The van der Waals surface area contributed by atoms with E-state index in [1.807, 2.05) is 18.7 Å². The Morgan fingerprint density at radius 2 is 2.30 bits per heavy atom. The van der Waals surface area contributed by atoms with Gasteiger partial charge in [0.05, 0.1) is 25.1 Å². The second-order valence-electron chi connectivity index (χ2n) is 6.50. The summed E-state index contributed by atoms with van der Waals surface area (Å²) in [5.41, 5.74) is 0. The third-order valence-electron chi connectivity index (χ3n) is 4.29. The molecule has 1 amide bonds. The van der Waals surface area contributed by atoms with Gasteiger partial charge in [0.2, 0.25) is 5.91 Å². The van der Waals surface area contributed by atoms with Gasteiger partial charge in [0.15, 0.2) is 0 Å². The first-order valence-corrected chi connectivity index (χ1v) is 7.97. The Hall–Kier alpha value is -1.76. The van der Waals surface area contributed by atoms with E-state index >= 15 is 0 Å². The lowest BCUT2D eigenvalue weighted by Gasteiger charge is -2.29. The number of carbonyl (C=O) groups excluding carboxylic acids is 1. The van der Waals surface area contributed by atoms with Crippen LogP contribution in [0.5, 0.6) is 0 Å². The molecule has 128 valence electrons. The Morgan fingerprint density at radius 3 is 2.91 bits per heavy atom. The molecule has 0 spiro atoms. The van der Waals surface area contributed by atoms with Crippen molar-refractivity contribution in [1.82, 2.24) is 14.9 Å². The van der Waals surface area contributed by atoms with Crippen molar-refractivity contribution in [3.63, 3.8) is 0 Å². The molecule has 7 heteroatoms. The molecule has 0 saturated carbocycles. The second kappa shape index (κ2) is 7.68. The van der Waals surface area contributed by atoms with Gasteiger partial charge in [-0.05, 0) is 12.0 Å². The zero-order valence-electron chi connectivity index (χ0n) is 13.9. The predicted octanol–water partition coefficient (Wildman–Crippen LogP) is 1.26. The van der Waals surface area contributed by atoms with Crippen LogP contribution in [-0.4, -0.2) is 64.3 Å². The van der Waals surface area contributed by atoms with Crippen LogP contribution in [0.3, 0.4) is 0 Å². The fourth-order valence-corrected chi connectivity index (χ4v) is 2.76. The van der Waals surface area contributed by atoms with Gasteiger partial charge in [-0.15, -0.1) is 0 Å². The van der Waals surface area contributed by atoms with Gasteiger partial charge < -0.3 is 14.9 Å². The number of aliphatic hydroxyl groups is 1. The number of aromatic nitrogens is 2. The zero-order chi connectivity index (χ0) is 17.0. The van der Waals surface area contributed by atoms with Crippen LogP contribution in [-0.2, 0) is 4.79 Å². The average molecular weight is 324 g/mol. The van der Waals surface area contributed by atoms with Crippen LogP contribution >= 0.6 is 0 Å². The number of alkyl halides is 1. The number of halogens is 1. The first kappa shape index (κ1) is 17.6. The number of hydrogen-bond acceptors (Lipinski definition) is 5. The van der Waals surface area contributed by atoms with Gasteiger partial charge in [-0.25, -0.2) is 14.4 Å². The van der Waals surface area contributed by atoms with Crippen molar-refractivity contribution in [2.45, 2.75) is 45.0 Å². The lowest BCUT2D eigenvalue weighted by molar-refractivity contribution is -0.132. The highest BCUT2D eigenvalue weighted by Gasteiger charge is 2.34. The number of carbonyl (C=O) groups is 1. The third kappa shape index (κ3) is 4.60. The molecule has 23 heavy (non-hydrogen) atoms. The van der Waals surface area contributed by atoms with E-state index in [1.54, 1.807) is 24.2 Å². The highest BCUT2D eigenvalue weighted by atomic mass is 19.1. The Bertz CT molecular complexity index is 514. The molecule has 1 aliphatic rings. The van der Waals surface area contributed by atoms with Gasteiger partial charge >= 0.3 is 0 Å².